The molecule has 2 heterocycles. The predicted molar refractivity (Wildman–Crippen MR) is 71.0 cm³/mol. The fourth-order valence-electron chi connectivity index (χ4n) is 2.70. The van der Waals surface area contributed by atoms with E-state index >= 15 is 0 Å². The van der Waals surface area contributed by atoms with Crippen LogP contribution in [0, 0.1) is 0 Å². The van der Waals surface area contributed by atoms with E-state index in [2.05, 4.69) is 11.8 Å². The maximum Gasteiger partial charge on any atom is 0.352 e. The zero-order chi connectivity index (χ0) is 13.0. The Morgan fingerprint density at radius 2 is 2.17 bits per heavy atom. The lowest BCUT2D eigenvalue weighted by atomic mass is 10.0. The number of hydrogen-bond acceptors (Lipinski definition) is 2. The molecule has 1 aromatic heterocycles. The summed E-state index contributed by atoms with van der Waals surface area (Å²) in [7, 11) is 0. The molecule has 0 atom stereocenters. The lowest BCUT2D eigenvalue weighted by Gasteiger charge is -2.33. The number of nitrogens with zero attached hydrogens (tertiary/aromatic N) is 2. The zero-order valence-electron chi connectivity index (χ0n) is 11.0. The van der Waals surface area contributed by atoms with Crippen molar-refractivity contribution in [3.05, 3.63) is 24.0 Å². The van der Waals surface area contributed by atoms with Gasteiger partial charge in [0, 0.05) is 25.3 Å². The smallest absolute Gasteiger partial charge is 0.352 e. The molecular weight excluding hydrogens is 228 g/mol. The Bertz CT molecular complexity index is 392. The van der Waals surface area contributed by atoms with Gasteiger partial charge in [-0.25, -0.2) is 4.79 Å². The first kappa shape index (κ1) is 13.1. The summed E-state index contributed by atoms with van der Waals surface area (Å²) in [4.78, 5) is 13.6. The summed E-state index contributed by atoms with van der Waals surface area (Å²) in [5.41, 5.74) is 0.419. The Morgan fingerprint density at radius 1 is 1.44 bits per heavy atom. The van der Waals surface area contributed by atoms with Crippen LogP contribution in [0.1, 0.15) is 49.1 Å². The van der Waals surface area contributed by atoms with Crippen LogP contribution in [0.25, 0.3) is 0 Å². The molecule has 4 nitrogen and oxygen atoms in total. The van der Waals surface area contributed by atoms with Gasteiger partial charge < -0.3 is 14.6 Å². The lowest BCUT2D eigenvalue weighted by Crippen LogP contribution is -2.35. The number of carboxylic acids is 1. The van der Waals surface area contributed by atoms with E-state index in [9.17, 15) is 4.79 Å². The molecule has 0 amide bonds. The van der Waals surface area contributed by atoms with Crippen molar-refractivity contribution in [1.82, 2.24) is 9.47 Å². The van der Waals surface area contributed by atoms with Gasteiger partial charge in [-0.2, -0.15) is 0 Å². The average Bonchev–Trinajstić information content (AvgIpc) is 2.86. The highest BCUT2D eigenvalue weighted by atomic mass is 16.4. The molecule has 0 saturated carbocycles. The van der Waals surface area contributed by atoms with E-state index in [0.717, 1.165) is 25.9 Å². The number of rotatable bonds is 5. The third-order valence-electron chi connectivity index (χ3n) is 3.78. The Labute approximate surface area is 108 Å². The quantitative estimate of drug-likeness (QED) is 0.873. The predicted octanol–water partition coefficient (Wildman–Crippen LogP) is 2.62. The van der Waals surface area contributed by atoms with Crippen molar-refractivity contribution < 1.29 is 9.90 Å². The molecule has 0 aliphatic carbocycles. The molecule has 1 aliphatic rings. The summed E-state index contributed by atoms with van der Waals surface area (Å²) in [6.07, 6.45) is 6.50. The Kier molecular flexibility index (Phi) is 4.42. The van der Waals surface area contributed by atoms with Gasteiger partial charge in [-0.1, -0.05) is 13.3 Å². The second-order valence-corrected chi connectivity index (χ2v) is 5.03. The molecule has 4 heteroatoms. The molecule has 0 radical (unpaired) electrons. The maximum atomic E-state index is 11.1. The standard InChI is InChI=1S/C14H22N2O2/c1-2-3-8-15-10-6-12(7-11-15)16-9-4-5-13(16)14(17)18/h4-5,9,12H,2-3,6-8,10-11H2,1H3,(H,17,18). The van der Waals surface area contributed by atoms with Gasteiger partial charge in [-0.3, -0.25) is 0 Å². The SMILES string of the molecule is CCCCN1CCC(n2cccc2C(=O)O)CC1. The Balaban J connectivity index is 1.93. The molecule has 0 aromatic carbocycles. The summed E-state index contributed by atoms with van der Waals surface area (Å²) in [5, 5.41) is 9.12. The molecule has 1 saturated heterocycles. The number of piperidine rings is 1. The van der Waals surface area contributed by atoms with E-state index in [1.807, 2.05) is 16.8 Å². The molecule has 100 valence electrons. The van der Waals surface area contributed by atoms with Crippen LogP contribution >= 0.6 is 0 Å². The minimum Gasteiger partial charge on any atom is -0.477 e. The lowest BCUT2D eigenvalue weighted by molar-refractivity contribution is 0.0678. The molecule has 0 bridgehead atoms. The highest BCUT2D eigenvalue weighted by Gasteiger charge is 2.22. The van der Waals surface area contributed by atoms with Crippen LogP contribution < -0.4 is 0 Å². The number of aromatic nitrogens is 1. The highest BCUT2D eigenvalue weighted by molar-refractivity contribution is 5.85. The third kappa shape index (κ3) is 2.93. The van der Waals surface area contributed by atoms with Gasteiger partial charge >= 0.3 is 5.97 Å². The fraction of sp³-hybridized carbons (Fsp3) is 0.643. The molecule has 1 aliphatic heterocycles. The van der Waals surface area contributed by atoms with Gasteiger partial charge in [0.25, 0.3) is 0 Å². The van der Waals surface area contributed by atoms with E-state index in [0.29, 0.717) is 11.7 Å². The van der Waals surface area contributed by atoms with Crippen molar-refractivity contribution in [1.29, 1.82) is 0 Å². The van der Waals surface area contributed by atoms with E-state index in [4.69, 9.17) is 5.11 Å². The molecule has 0 unspecified atom stereocenters. The summed E-state index contributed by atoms with van der Waals surface area (Å²) < 4.78 is 1.93. The normalized spacial score (nSPS) is 18.1. The summed E-state index contributed by atoms with van der Waals surface area (Å²) >= 11 is 0. The van der Waals surface area contributed by atoms with Gasteiger partial charge in [0.15, 0.2) is 0 Å². The molecule has 18 heavy (non-hydrogen) atoms. The number of aromatic carboxylic acids is 1. The number of carbonyl (C=O) groups is 1. The third-order valence-corrected chi connectivity index (χ3v) is 3.78. The van der Waals surface area contributed by atoms with Crippen molar-refractivity contribution in [3.8, 4) is 0 Å². The largest absolute Gasteiger partial charge is 0.477 e. The topological polar surface area (TPSA) is 45.5 Å². The van der Waals surface area contributed by atoms with Crippen LogP contribution in [0.2, 0.25) is 0 Å². The maximum absolute atomic E-state index is 11.1. The number of unbranched alkanes of at least 4 members (excludes halogenated alkanes) is 1. The minimum absolute atomic E-state index is 0.351. The van der Waals surface area contributed by atoms with Crippen molar-refractivity contribution in [2.75, 3.05) is 19.6 Å². The molecule has 1 fully saturated rings. The fourth-order valence-corrected chi connectivity index (χ4v) is 2.70. The molecule has 2 rings (SSSR count). The molecular formula is C14H22N2O2. The minimum atomic E-state index is -0.826. The first-order valence-electron chi connectivity index (χ1n) is 6.85. The Hall–Kier alpha value is -1.29. The van der Waals surface area contributed by atoms with Crippen LogP contribution in [-0.4, -0.2) is 40.2 Å². The monoisotopic (exact) mass is 250 g/mol. The van der Waals surface area contributed by atoms with Gasteiger partial charge in [0.2, 0.25) is 0 Å². The van der Waals surface area contributed by atoms with Crippen molar-refractivity contribution >= 4 is 5.97 Å². The summed E-state index contributed by atoms with van der Waals surface area (Å²) in [6, 6.07) is 3.86. The number of hydrogen-bond donors (Lipinski definition) is 1. The van der Waals surface area contributed by atoms with Crippen molar-refractivity contribution in [2.24, 2.45) is 0 Å². The van der Waals surface area contributed by atoms with Crippen LogP contribution in [0.5, 0.6) is 0 Å². The summed E-state index contributed by atoms with van der Waals surface area (Å²) in [6.45, 7) is 5.57. The summed E-state index contributed by atoms with van der Waals surface area (Å²) in [5.74, 6) is -0.826. The van der Waals surface area contributed by atoms with Crippen molar-refractivity contribution in [2.45, 2.75) is 38.6 Å². The average molecular weight is 250 g/mol. The highest BCUT2D eigenvalue weighted by Crippen LogP contribution is 2.24. The van der Waals surface area contributed by atoms with Crippen LogP contribution in [0.15, 0.2) is 18.3 Å². The van der Waals surface area contributed by atoms with Gasteiger partial charge in [0.05, 0.1) is 0 Å². The number of likely N-dealkylation sites (tertiary alicyclic amines) is 1. The van der Waals surface area contributed by atoms with Gasteiger partial charge in [-0.05, 0) is 37.9 Å². The van der Waals surface area contributed by atoms with Crippen LogP contribution in [0.4, 0.5) is 0 Å². The first-order chi connectivity index (χ1) is 8.72. The van der Waals surface area contributed by atoms with Crippen LogP contribution in [-0.2, 0) is 0 Å². The second kappa shape index (κ2) is 6.05. The van der Waals surface area contributed by atoms with Crippen molar-refractivity contribution in [3.63, 3.8) is 0 Å². The first-order valence-corrected chi connectivity index (χ1v) is 6.85. The second-order valence-electron chi connectivity index (χ2n) is 5.03. The van der Waals surface area contributed by atoms with E-state index in [-0.39, 0.29) is 0 Å². The van der Waals surface area contributed by atoms with Gasteiger partial charge in [-0.15, -0.1) is 0 Å². The van der Waals surface area contributed by atoms with Crippen LogP contribution in [0.3, 0.4) is 0 Å². The Morgan fingerprint density at radius 3 is 2.78 bits per heavy atom. The number of carboxylic acid groups (broad SMARTS) is 1. The molecule has 0 spiro atoms. The van der Waals surface area contributed by atoms with E-state index in [1.165, 1.54) is 19.4 Å². The van der Waals surface area contributed by atoms with E-state index in [1.54, 1.807) is 6.07 Å². The van der Waals surface area contributed by atoms with Gasteiger partial charge in [0.1, 0.15) is 5.69 Å². The van der Waals surface area contributed by atoms with E-state index < -0.39 is 5.97 Å². The molecule has 1 N–H and O–H groups in total. The zero-order valence-corrected chi connectivity index (χ0v) is 11.0. The molecule has 1 aromatic rings.